The summed E-state index contributed by atoms with van der Waals surface area (Å²) in [6, 6.07) is 8.35. The summed E-state index contributed by atoms with van der Waals surface area (Å²) in [6.45, 7) is 2.08. The van der Waals surface area contributed by atoms with Crippen LogP contribution in [-0.2, 0) is 0 Å². The van der Waals surface area contributed by atoms with E-state index in [1.54, 1.807) is 11.5 Å². The molecule has 1 aromatic carbocycles. The van der Waals surface area contributed by atoms with Gasteiger partial charge in [-0.05, 0) is 36.1 Å². The molecule has 3 rings (SSSR count). The Morgan fingerprint density at radius 3 is 3.07 bits per heavy atom. The Kier molecular flexibility index (Phi) is 2.27. The maximum Gasteiger partial charge on any atom is 0.0847 e. The van der Waals surface area contributed by atoms with Crippen molar-refractivity contribution in [3.8, 4) is 0 Å². The molecule has 0 saturated carbocycles. The first kappa shape index (κ1) is 9.07. The molecule has 0 fully saturated rings. The minimum Gasteiger partial charge on any atom is -0.312 e. The third-order valence-corrected chi connectivity index (χ3v) is 3.66. The van der Waals surface area contributed by atoms with Crippen molar-refractivity contribution in [3.63, 3.8) is 0 Å². The fourth-order valence-electron chi connectivity index (χ4n) is 1.94. The number of benzene rings is 1. The summed E-state index contributed by atoms with van der Waals surface area (Å²) in [6.07, 6.45) is 3.46. The second-order valence-corrected chi connectivity index (χ2v) is 4.50. The fraction of sp³-hybridized carbons (Fsp3) is 0.250. The molecule has 0 unspecified atom stereocenters. The van der Waals surface area contributed by atoms with Gasteiger partial charge in [-0.15, -0.1) is 0 Å². The molecule has 0 radical (unpaired) electrons. The highest BCUT2D eigenvalue weighted by Crippen LogP contribution is 2.29. The van der Waals surface area contributed by atoms with Crippen LogP contribution in [0.4, 0.5) is 0 Å². The molecule has 2 heterocycles. The van der Waals surface area contributed by atoms with Gasteiger partial charge >= 0.3 is 0 Å². The van der Waals surface area contributed by atoms with E-state index in [1.165, 1.54) is 15.8 Å². The Morgan fingerprint density at radius 1 is 1.27 bits per heavy atom. The van der Waals surface area contributed by atoms with Crippen LogP contribution in [-0.4, -0.2) is 17.5 Å². The summed E-state index contributed by atoms with van der Waals surface area (Å²) in [5.41, 5.74) is 2.52. The van der Waals surface area contributed by atoms with Crippen molar-refractivity contribution >= 4 is 28.0 Å². The maximum absolute atomic E-state index is 4.47. The molecule has 15 heavy (non-hydrogen) atoms. The zero-order valence-corrected chi connectivity index (χ0v) is 9.18. The number of fused-ring (bicyclic) bond motifs is 1. The topological polar surface area (TPSA) is 24.9 Å². The lowest BCUT2D eigenvalue weighted by atomic mass is 10.1. The van der Waals surface area contributed by atoms with Gasteiger partial charge in [0.15, 0.2) is 0 Å². The normalized spacial score (nSPS) is 16.7. The van der Waals surface area contributed by atoms with E-state index in [-0.39, 0.29) is 0 Å². The lowest BCUT2D eigenvalue weighted by Gasteiger charge is -2.12. The molecular formula is C12H12N2S. The third-order valence-electron chi connectivity index (χ3n) is 2.70. The van der Waals surface area contributed by atoms with Gasteiger partial charge in [0, 0.05) is 11.9 Å². The molecule has 0 saturated heterocycles. The summed E-state index contributed by atoms with van der Waals surface area (Å²) in [7, 11) is 0. The molecule has 0 aliphatic carbocycles. The molecule has 1 aromatic heterocycles. The van der Waals surface area contributed by atoms with Crippen LogP contribution in [0.15, 0.2) is 30.3 Å². The van der Waals surface area contributed by atoms with Crippen molar-refractivity contribution in [2.24, 2.45) is 0 Å². The van der Waals surface area contributed by atoms with Gasteiger partial charge in [0.25, 0.3) is 0 Å². The number of aromatic nitrogens is 1. The predicted octanol–water partition coefficient (Wildman–Crippen LogP) is 2.67. The van der Waals surface area contributed by atoms with Crippen LogP contribution >= 0.6 is 11.5 Å². The molecule has 1 N–H and O–H groups in total. The summed E-state index contributed by atoms with van der Waals surface area (Å²) >= 11 is 1.61. The van der Waals surface area contributed by atoms with Gasteiger partial charge in [0.2, 0.25) is 0 Å². The summed E-state index contributed by atoms with van der Waals surface area (Å²) < 4.78 is 4.47. The van der Waals surface area contributed by atoms with Gasteiger partial charge in [-0.1, -0.05) is 24.3 Å². The molecule has 76 valence electrons. The maximum atomic E-state index is 4.47. The third kappa shape index (κ3) is 1.58. The first-order valence-corrected chi connectivity index (χ1v) is 5.97. The zero-order chi connectivity index (χ0) is 10.1. The molecular weight excluding hydrogens is 204 g/mol. The molecule has 3 heteroatoms. The highest BCUT2D eigenvalue weighted by atomic mass is 32.1. The van der Waals surface area contributed by atoms with E-state index in [9.17, 15) is 0 Å². The first-order valence-electron chi connectivity index (χ1n) is 5.20. The number of hydrogen-bond donors (Lipinski definition) is 1. The van der Waals surface area contributed by atoms with E-state index in [4.69, 9.17) is 0 Å². The van der Waals surface area contributed by atoms with Crippen molar-refractivity contribution in [3.05, 3.63) is 35.2 Å². The van der Waals surface area contributed by atoms with Gasteiger partial charge in [-0.3, -0.25) is 0 Å². The molecule has 1 aliphatic heterocycles. The molecule has 2 nitrogen and oxygen atoms in total. The quantitative estimate of drug-likeness (QED) is 0.792. The average molecular weight is 216 g/mol. The fourth-order valence-corrected chi connectivity index (χ4v) is 2.83. The van der Waals surface area contributed by atoms with Crippen LogP contribution < -0.4 is 5.32 Å². The van der Waals surface area contributed by atoms with Gasteiger partial charge in [0.05, 0.1) is 10.4 Å². The number of nitrogens with zero attached hydrogens (tertiary/aromatic N) is 1. The van der Waals surface area contributed by atoms with Crippen molar-refractivity contribution in [2.75, 3.05) is 13.1 Å². The Labute approximate surface area is 92.8 Å². The molecule has 0 spiro atoms. The van der Waals surface area contributed by atoms with Crippen LogP contribution in [0.25, 0.3) is 16.5 Å². The SMILES string of the molecule is C1=C(c2snc3ccccc23)CNCC1. The summed E-state index contributed by atoms with van der Waals surface area (Å²) in [5, 5.41) is 4.69. The van der Waals surface area contributed by atoms with Crippen molar-refractivity contribution in [1.82, 2.24) is 9.69 Å². The number of hydrogen-bond acceptors (Lipinski definition) is 3. The smallest absolute Gasteiger partial charge is 0.0847 e. The Balaban J connectivity index is 2.14. The minimum atomic E-state index is 0.978. The van der Waals surface area contributed by atoms with Crippen LogP contribution in [0.2, 0.25) is 0 Å². The minimum absolute atomic E-state index is 0.978. The lowest BCUT2D eigenvalue weighted by Crippen LogP contribution is -2.21. The summed E-state index contributed by atoms with van der Waals surface area (Å²) in [5.74, 6) is 0. The Bertz CT molecular complexity index is 513. The molecule has 1 aliphatic rings. The molecule has 0 atom stereocenters. The number of nitrogens with one attached hydrogen (secondary N) is 1. The van der Waals surface area contributed by atoms with E-state index >= 15 is 0 Å². The van der Waals surface area contributed by atoms with Gasteiger partial charge in [-0.25, -0.2) is 0 Å². The van der Waals surface area contributed by atoms with Crippen LogP contribution in [0.3, 0.4) is 0 Å². The van der Waals surface area contributed by atoms with Gasteiger partial charge < -0.3 is 5.32 Å². The van der Waals surface area contributed by atoms with Crippen LogP contribution in [0.1, 0.15) is 11.3 Å². The average Bonchev–Trinajstić information content (AvgIpc) is 2.74. The van der Waals surface area contributed by atoms with Crippen LogP contribution in [0.5, 0.6) is 0 Å². The van der Waals surface area contributed by atoms with E-state index in [1.807, 2.05) is 6.07 Å². The lowest BCUT2D eigenvalue weighted by molar-refractivity contribution is 0.740. The van der Waals surface area contributed by atoms with Crippen molar-refractivity contribution in [2.45, 2.75) is 6.42 Å². The second-order valence-electron chi connectivity index (χ2n) is 3.72. The monoisotopic (exact) mass is 216 g/mol. The van der Waals surface area contributed by atoms with Gasteiger partial charge in [0.1, 0.15) is 0 Å². The Hall–Kier alpha value is -1.19. The first-order chi connectivity index (χ1) is 7.45. The van der Waals surface area contributed by atoms with Gasteiger partial charge in [-0.2, -0.15) is 4.37 Å². The molecule has 0 bridgehead atoms. The van der Waals surface area contributed by atoms with E-state index in [0.29, 0.717) is 0 Å². The van der Waals surface area contributed by atoms with E-state index in [2.05, 4.69) is 34.0 Å². The van der Waals surface area contributed by atoms with Crippen molar-refractivity contribution < 1.29 is 0 Å². The molecule has 2 aromatic rings. The Morgan fingerprint density at radius 2 is 2.20 bits per heavy atom. The van der Waals surface area contributed by atoms with Crippen LogP contribution in [0, 0.1) is 0 Å². The standard InChI is InChI=1S/C12H12N2S/c1-2-6-11-10(5-1)12(15-14-11)9-4-3-7-13-8-9/h1-2,4-6,13H,3,7-8H2. The predicted molar refractivity (Wildman–Crippen MR) is 65.1 cm³/mol. The van der Waals surface area contributed by atoms with E-state index < -0.39 is 0 Å². The zero-order valence-electron chi connectivity index (χ0n) is 8.36. The highest BCUT2D eigenvalue weighted by molar-refractivity contribution is 7.08. The number of rotatable bonds is 1. The summed E-state index contributed by atoms with van der Waals surface area (Å²) in [4.78, 5) is 1.33. The highest BCUT2D eigenvalue weighted by Gasteiger charge is 2.11. The second kappa shape index (κ2) is 3.76. The largest absolute Gasteiger partial charge is 0.312 e. The van der Waals surface area contributed by atoms with Crippen molar-refractivity contribution in [1.29, 1.82) is 0 Å². The van der Waals surface area contributed by atoms with E-state index in [0.717, 1.165) is 25.0 Å². The molecule has 0 amide bonds.